The van der Waals surface area contributed by atoms with E-state index in [1.54, 1.807) is 23.1 Å². The number of nitrogens with zero attached hydrogens (tertiary/aromatic N) is 2. The van der Waals surface area contributed by atoms with Crippen LogP contribution in [0.1, 0.15) is 6.92 Å². The first kappa shape index (κ1) is 21.3. The molecule has 1 saturated heterocycles. The zero-order valence-corrected chi connectivity index (χ0v) is 16.9. The van der Waals surface area contributed by atoms with Gasteiger partial charge in [-0.25, -0.2) is 0 Å². The van der Waals surface area contributed by atoms with E-state index in [1.165, 1.54) is 12.1 Å². The zero-order valence-electron chi connectivity index (χ0n) is 16.1. The number of ether oxygens (including phenoxy) is 1. The zero-order chi connectivity index (χ0) is 20.9. The van der Waals surface area contributed by atoms with Crippen molar-refractivity contribution in [1.29, 1.82) is 0 Å². The third kappa shape index (κ3) is 5.57. The van der Waals surface area contributed by atoms with Crippen LogP contribution in [-0.2, 0) is 4.79 Å². The Balaban J connectivity index is 1.56. The highest BCUT2D eigenvalue weighted by Crippen LogP contribution is 2.63. The molecule has 2 aromatic carbocycles. The van der Waals surface area contributed by atoms with E-state index in [1.807, 2.05) is 24.0 Å². The highest BCUT2D eigenvalue weighted by Gasteiger charge is 2.30. The van der Waals surface area contributed by atoms with Gasteiger partial charge in [-0.05, 0) is 31.2 Å². The Morgan fingerprint density at radius 1 is 1.03 bits per heavy atom. The fourth-order valence-electron chi connectivity index (χ4n) is 3.31. The molecule has 0 aliphatic carbocycles. The molecule has 0 saturated carbocycles. The standard InChI is InChI=1S/C20H24F3N3O2S/c1-2-28-18-9-5-3-7-16(18)24-20(27)15-25-11-13-26(14-12-25)17-8-4-6-10-19(17)29(21,22)23/h3-10H,2,11-15H2,1H3,(H,24,27). The van der Waals surface area contributed by atoms with E-state index in [0.29, 0.717) is 44.2 Å². The number of halogens is 3. The first-order valence-electron chi connectivity index (χ1n) is 9.38. The Hall–Kier alpha value is -2.39. The molecule has 3 rings (SSSR count). The number of rotatable bonds is 7. The summed E-state index contributed by atoms with van der Waals surface area (Å²) in [6.45, 7) is 4.46. The van der Waals surface area contributed by atoms with E-state index in [0.717, 1.165) is 6.07 Å². The van der Waals surface area contributed by atoms with Crippen molar-refractivity contribution in [2.45, 2.75) is 11.8 Å². The van der Waals surface area contributed by atoms with Crippen molar-refractivity contribution in [3.63, 3.8) is 0 Å². The van der Waals surface area contributed by atoms with Crippen LogP contribution in [0.3, 0.4) is 0 Å². The lowest BCUT2D eigenvalue weighted by Gasteiger charge is -2.37. The summed E-state index contributed by atoms with van der Waals surface area (Å²) in [5, 5.41) is 2.85. The molecule has 5 nitrogen and oxygen atoms in total. The Morgan fingerprint density at radius 3 is 2.38 bits per heavy atom. The lowest BCUT2D eigenvalue weighted by molar-refractivity contribution is -0.117. The Labute approximate surface area is 170 Å². The topological polar surface area (TPSA) is 44.8 Å². The van der Waals surface area contributed by atoms with Gasteiger partial charge in [-0.2, -0.15) is 0 Å². The third-order valence-electron chi connectivity index (χ3n) is 4.66. The van der Waals surface area contributed by atoms with Crippen LogP contribution < -0.4 is 15.0 Å². The average molecular weight is 427 g/mol. The first-order chi connectivity index (χ1) is 13.9. The molecule has 1 fully saturated rings. The molecule has 1 aliphatic rings. The molecule has 0 unspecified atom stereocenters. The number of carbonyl (C=O) groups is 1. The number of hydrogen-bond acceptors (Lipinski definition) is 4. The summed E-state index contributed by atoms with van der Waals surface area (Å²) < 4.78 is 45.5. The SMILES string of the molecule is CCOc1ccccc1NC(=O)CN1CCN(c2ccccc2S(F)(F)F)CC1. The van der Waals surface area contributed by atoms with Crippen LogP contribution in [0.25, 0.3) is 0 Å². The van der Waals surface area contributed by atoms with E-state index in [-0.39, 0.29) is 18.1 Å². The lowest BCUT2D eigenvalue weighted by atomic mass is 10.2. The van der Waals surface area contributed by atoms with Crippen LogP contribution in [0, 0.1) is 0 Å². The van der Waals surface area contributed by atoms with Gasteiger partial charge in [-0.1, -0.05) is 24.3 Å². The molecule has 0 bridgehead atoms. The summed E-state index contributed by atoms with van der Waals surface area (Å²) in [5.41, 5.74) is 0.838. The predicted molar refractivity (Wildman–Crippen MR) is 111 cm³/mol. The molecule has 2 aromatic rings. The molecule has 0 radical (unpaired) electrons. The monoisotopic (exact) mass is 427 g/mol. The van der Waals surface area contributed by atoms with Crippen LogP contribution in [0.15, 0.2) is 53.4 Å². The number of anilines is 2. The number of amides is 1. The van der Waals surface area contributed by atoms with Gasteiger partial charge in [0, 0.05) is 26.2 Å². The number of para-hydroxylation sites is 3. The molecule has 1 aliphatic heterocycles. The van der Waals surface area contributed by atoms with Crippen LogP contribution in [0.5, 0.6) is 5.75 Å². The van der Waals surface area contributed by atoms with Crippen molar-refractivity contribution in [2.24, 2.45) is 0 Å². The fourth-order valence-corrected chi connectivity index (χ4v) is 3.97. The maximum atomic E-state index is 13.3. The normalized spacial score (nSPS) is 15.8. The van der Waals surface area contributed by atoms with Crippen molar-refractivity contribution in [3.05, 3.63) is 48.5 Å². The summed E-state index contributed by atoms with van der Waals surface area (Å²) in [6.07, 6.45) is 0. The second kappa shape index (κ2) is 9.41. The predicted octanol–water partition coefficient (Wildman–Crippen LogP) is 4.66. The lowest BCUT2D eigenvalue weighted by Crippen LogP contribution is -2.48. The third-order valence-corrected chi connectivity index (χ3v) is 5.50. The average Bonchev–Trinajstić information content (AvgIpc) is 2.69. The summed E-state index contributed by atoms with van der Waals surface area (Å²) >= 11 is -5.29. The minimum Gasteiger partial charge on any atom is -0.492 e. The highest BCUT2D eigenvalue weighted by molar-refractivity contribution is 8.21. The van der Waals surface area contributed by atoms with Gasteiger partial charge in [0.1, 0.15) is 10.6 Å². The summed E-state index contributed by atoms with van der Waals surface area (Å²) in [5.74, 6) is 0.435. The summed E-state index contributed by atoms with van der Waals surface area (Å²) in [4.78, 5) is 15.6. The van der Waals surface area contributed by atoms with Gasteiger partial charge in [-0.3, -0.25) is 9.69 Å². The minimum atomic E-state index is -5.29. The van der Waals surface area contributed by atoms with E-state index in [2.05, 4.69) is 5.32 Å². The number of piperazine rings is 1. The molecule has 9 heteroatoms. The molecule has 1 amide bonds. The van der Waals surface area contributed by atoms with E-state index < -0.39 is 16.1 Å². The van der Waals surface area contributed by atoms with Crippen molar-refractivity contribution < 1.29 is 21.2 Å². The molecular weight excluding hydrogens is 403 g/mol. The van der Waals surface area contributed by atoms with E-state index in [4.69, 9.17) is 4.74 Å². The Morgan fingerprint density at radius 2 is 1.69 bits per heavy atom. The van der Waals surface area contributed by atoms with Crippen LogP contribution in [-0.4, -0.2) is 50.1 Å². The molecule has 0 atom stereocenters. The van der Waals surface area contributed by atoms with Crippen molar-refractivity contribution in [3.8, 4) is 5.75 Å². The number of nitrogens with one attached hydrogen (secondary N) is 1. The summed E-state index contributed by atoms with van der Waals surface area (Å²) in [6, 6.07) is 12.9. The number of benzene rings is 2. The molecule has 1 N–H and O–H groups in total. The van der Waals surface area contributed by atoms with E-state index >= 15 is 0 Å². The maximum absolute atomic E-state index is 13.3. The molecule has 158 valence electrons. The Bertz CT molecular complexity index is 840. The maximum Gasteiger partial charge on any atom is 0.239 e. The smallest absolute Gasteiger partial charge is 0.239 e. The summed E-state index contributed by atoms with van der Waals surface area (Å²) in [7, 11) is 0. The molecule has 0 aromatic heterocycles. The van der Waals surface area contributed by atoms with Crippen molar-refractivity contribution in [1.82, 2.24) is 4.90 Å². The minimum absolute atomic E-state index is 0.175. The van der Waals surface area contributed by atoms with Crippen LogP contribution in [0.4, 0.5) is 23.0 Å². The van der Waals surface area contributed by atoms with Gasteiger partial charge in [0.2, 0.25) is 17.1 Å². The van der Waals surface area contributed by atoms with Crippen LogP contribution >= 0.6 is 11.2 Å². The first-order valence-corrected chi connectivity index (χ1v) is 10.7. The van der Waals surface area contributed by atoms with Crippen molar-refractivity contribution >= 4 is 28.5 Å². The number of carbonyl (C=O) groups excluding carboxylic acids is 1. The highest BCUT2D eigenvalue weighted by atomic mass is 32.3. The van der Waals surface area contributed by atoms with Gasteiger partial charge in [-0.15, -0.1) is 11.7 Å². The van der Waals surface area contributed by atoms with Crippen LogP contribution in [0.2, 0.25) is 0 Å². The molecule has 1 heterocycles. The van der Waals surface area contributed by atoms with Gasteiger partial charge >= 0.3 is 0 Å². The quantitative estimate of drug-likeness (QED) is 0.698. The molecule has 0 spiro atoms. The fraction of sp³-hybridized carbons (Fsp3) is 0.350. The van der Waals surface area contributed by atoms with Gasteiger partial charge < -0.3 is 15.0 Å². The molecule has 29 heavy (non-hydrogen) atoms. The van der Waals surface area contributed by atoms with Gasteiger partial charge in [0.25, 0.3) is 0 Å². The Kier molecular flexibility index (Phi) is 6.92. The second-order valence-corrected chi connectivity index (χ2v) is 7.87. The van der Waals surface area contributed by atoms with Gasteiger partial charge in [0.15, 0.2) is 0 Å². The second-order valence-electron chi connectivity index (χ2n) is 6.61. The van der Waals surface area contributed by atoms with Crippen molar-refractivity contribution in [2.75, 3.05) is 49.5 Å². The molecular formula is C20H24F3N3O2S. The number of hydrogen-bond donors (Lipinski definition) is 1. The van der Waals surface area contributed by atoms with E-state index in [9.17, 15) is 16.5 Å². The van der Waals surface area contributed by atoms with Gasteiger partial charge in [0.05, 0.1) is 24.5 Å². The largest absolute Gasteiger partial charge is 0.492 e.